The van der Waals surface area contributed by atoms with E-state index in [0.717, 1.165) is 5.57 Å². The molecule has 0 aromatic heterocycles. The highest BCUT2D eigenvalue weighted by molar-refractivity contribution is 5.36. The highest BCUT2D eigenvalue weighted by atomic mass is 17.1. The van der Waals surface area contributed by atoms with Crippen molar-refractivity contribution in [3.05, 3.63) is 11.6 Å². The number of ether oxygens (including phenoxy) is 11. The average Bonchev–Trinajstić information content (AvgIpc) is 0.669. The van der Waals surface area contributed by atoms with E-state index in [4.69, 9.17) is 57.0 Å². The normalized spacial score (nSPS) is 55.9. The van der Waals surface area contributed by atoms with Gasteiger partial charge in [0.15, 0.2) is 31.5 Å². The molecule has 21 N–H and O–H groups in total. The molecule has 0 unspecified atom stereocenters. The molecule has 0 amide bonds. The van der Waals surface area contributed by atoms with Crippen LogP contribution in [0.15, 0.2) is 11.6 Å². The SMILES string of the molecule is C[C@H]1O[C@H](O[C@@H]2[C@@H](O)[C@@H](O)CO[C@H]2[C@@H](OO)[C@]23CCC(C)(C)C[C@H]2C2=CC[C@@H]4[C@@]5(C)C[C@H](O)[C@H](O[C@@H]6O[C@H](CO[C@@H]7O[C@H](CO[C@@H]8O[C@H](CO)[C@@H](O)[C@H](O)[C@H]8O)[C@@H](O)[C@H](O)[C@H]7O)[C@@H](O)[C@H](O)[C@H]6O)[C@@](C)(CO)[C@H]5CC[C@@]4(C)[C@]2(C)C[C@H]3O)[C@@H](O)[C@@H](O)[C@@H]1O[C@@H]1OC[C@@H](O)[C@H](O)[C@H]1O. The van der Waals surface area contributed by atoms with Crippen LogP contribution >= 0.6 is 0 Å². The molecule has 5 aliphatic carbocycles. The Kier molecular flexibility index (Phi) is 22.7. The molecule has 6 aliphatic heterocycles. The van der Waals surface area contributed by atoms with Gasteiger partial charge >= 0.3 is 0 Å². The molecule has 4 saturated carbocycles. The summed E-state index contributed by atoms with van der Waals surface area (Å²) in [7, 11) is 0. The van der Waals surface area contributed by atoms with E-state index < -0.39 is 275 Å². The molecule has 33 heteroatoms. The van der Waals surface area contributed by atoms with Crippen LogP contribution in [0.25, 0.3) is 0 Å². The quantitative estimate of drug-likeness (QED) is 0.0279. The van der Waals surface area contributed by atoms with Crippen molar-refractivity contribution in [1.29, 1.82) is 0 Å². The van der Waals surface area contributed by atoms with E-state index in [1.165, 1.54) is 6.92 Å². The first kappa shape index (κ1) is 76.5. The van der Waals surface area contributed by atoms with Crippen LogP contribution in [0.5, 0.6) is 0 Å². The Balaban J connectivity index is 0.802. The van der Waals surface area contributed by atoms with E-state index in [2.05, 4.69) is 40.7 Å². The number of allylic oxidation sites excluding steroid dienone is 2. The second-order valence-electron chi connectivity index (χ2n) is 31.5. The minimum absolute atomic E-state index is 0.0956. The zero-order valence-corrected chi connectivity index (χ0v) is 55.5. The summed E-state index contributed by atoms with van der Waals surface area (Å²) in [6.45, 7) is 10.3. The highest BCUT2D eigenvalue weighted by Gasteiger charge is 2.74. The minimum Gasteiger partial charge on any atom is -0.396 e. The molecule has 11 aliphatic rings. The summed E-state index contributed by atoms with van der Waals surface area (Å²) in [5.74, 6) is -1.18. The maximum atomic E-state index is 13.3. The Labute approximate surface area is 560 Å². The summed E-state index contributed by atoms with van der Waals surface area (Å²) in [6, 6.07) is 0. The number of hydrogen-bond acceptors (Lipinski definition) is 33. The zero-order chi connectivity index (χ0) is 70.9. The van der Waals surface area contributed by atoms with Crippen LogP contribution in [-0.2, 0) is 57.0 Å². The summed E-state index contributed by atoms with van der Waals surface area (Å²) in [6.07, 6.45) is -47.5. The van der Waals surface area contributed by atoms with Crippen molar-refractivity contribution >= 4 is 0 Å². The lowest BCUT2D eigenvalue weighted by Gasteiger charge is -2.73. The van der Waals surface area contributed by atoms with Crippen molar-refractivity contribution in [3.63, 3.8) is 0 Å². The van der Waals surface area contributed by atoms with Crippen LogP contribution in [0.2, 0.25) is 0 Å². The molecule has 10 fully saturated rings. The van der Waals surface area contributed by atoms with Gasteiger partial charge in [0.2, 0.25) is 0 Å². The summed E-state index contributed by atoms with van der Waals surface area (Å²) < 4.78 is 64.9. The van der Waals surface area contributed by atoms with Gasteiger partial charge in [0.25, 0.3) is 0 Å². The molecule has 6 heterocycles. The Hall–Kier alpha value is -1.58. The molecule has 6 saturated heterocycles. The largest absolute Gasteiger partial charge is 0.396 e. The third kappa shape index (κ3) is 13.0. The van der Waals surface area contributed by atoms with Gasteiger partial charge in [-0.1, -0.05) is 53.2 Å². The van der Waals surface area contributed by atoms with E-state index in [1.54, 1.807) is 6.92 Å². The van der Waals surface area contributed by atoms with Crippen molar-refractivity contribution in [2.24, 2.45) is 50.2 Å². The van der Waals surface area contributed by atoms with Crippen LogP contribution in [0, 0.1) is 50.2 Å². The van der Waals surface area contributed by atoms with Crippen molar-refractivity contribution in [2.75, 3.05) is 39.6 Å². The molecule has 11 rings (SSSR count). The monoisotopic (exact) mass is 1400 g/mol. The molecule has 0 spiro atoms. The van der Waals surface area contributed by atoms with Crippen LogP contribution in [0.1, 0.15) is 99.8 Å². The van der Waals surface area contributed by atoms with Crippen LogP contribution in [0.4, 0.5) is 0 Å². The van der Waals surface area contributed by atoms with Gasteiger partial charge in [0.1, 0.15) is 140 Å². The zero-order valence-electron chi connectivity index (χ0n) is 55.5. The van der Waals surface area contributed by atoms with Crippen molar-refractivity contribution in [2.45, 2.75) is 296 Å². The number of aliphatic hydroxyl groups excluding tert-OH is 20. The summed E-state index contributed by atoms with van der Waals surface area (Å²) in [5.41, 5.74) is -4.23. The maximum Gasteiger partial charge on any atom is 0.187 e. The van der Waals surface area contributed by atoms with E-state index in [0.29, 0.717) is 32.1 Å². The molecule has 97 heavy (non-hydrogen) atoms. The number of aliphatic hydroxyl groups is 20. The van der Waals surface area contributed by atoms with Crippen molar-refractivity contribution in [3.8, 4) is 0 Å². The average molecular weight is 1400 g/mol. The van der Waals surface area contributed by atoms with Crippen molar-refractivity contribution < 1.29 is 164 Å². The van der Waals surface area contributed by atoms with Crippen LogP contribution in [0.3, 0.4) is 0 Å². The standard InChI is InChI=1S/C64H106O33/c1-23-49(94-56-44(80)35(71)27(68)19-87-56)43(79)48(84)57(90-23)95-50-36(72)28(69)18-86-51(50)53(97-85)64-13-12-59(2,3)14-25(64)24-8-9-33-60(4)15-26(67)52(61(5,22-66)32(60)10-11-62(33,6)63(24,7)16-34(64)70)96-58-47(83)42(78)39(75)31(93-58)21-89-55-46(82)41(77)38(74)30(92-55)20-88-54-45(81)40(76)37(73)29(17-65)91-54/h8,23,25-58,65-85H,9-22H2,1-7H3/t23-,25+,26+,27-,28+,29-,30-,31-,32+,33-,34-,35+,36+,37-,38-,39-,40+,41+,42+,43-,44-,45-,46-,47-,48+,49-,50-,51-,52+,53-,54-,55-,56+,57-,58+,60+,61+,62-,63-,64-/m1/s1. The summed E-state index contributed by atoms with van der Waals surface area (Å²) in [4.78, 5) is 5.57. The van der Waals surface area contributed by atoms with Gasteiger partial charge in [0, 0.05) is 10.8 Å². The first-order valence-electron chi connectivity index (χ1n) is 34.0. The topological polar surface area (TPSA) is 536 Å². The first-order chi connectivity index (χ1) is 45.5. The van der Waals surface area contributed by atoms with Crippen LogP contribution < -0.4 is 0 Å². The predicted molar refractivity (Wildman–Crippen MR) is 320 cm³/mol. The molecule has 0 radical (unpaired) electrons. The number of fused-ring (bicyclic) bond motifs is 7. The predicted octanol–water partition coefficient (Wildman–Crippen LogP) is -6.81. The number of hydrogen-bond donors (Lipinski definition) is 21. The Morgan fingerprint density at radius 2 is 1.03 bits per heavy atom. The van der Waals surface area contributed by atoms with E-state index in [1.807, 2.05) is 0 Å². The molecule has 0 bridgehead atoms. The third-order valence-corrected chi connectivity index (χ3v) is 25.4. The first-order valence-corrected chi connectivity index (χ1v) is 34.0. The minimum atomic E-state index is -1.96. The van der Waals surface area contributed by atoms with Gasteiger partial charge in [-0.2, -0.15) is 0 Å². The van der Waals surface area contributed by atoms with Gasteiger partial charge in [-0.3, -0.25) is 5.26 Å². The van der Waals surface area contributed by atoms with Gasteiger partial charge in [0.05, 0.1) is 64.1 Å². The van der Waals surface area contributed by atoms with Gasteiger partial charge in [-0.15, -0.1) is 0 Å². The summed E-state index contributed by atoms with van der Waals surface area (Å²) >= 11 is 0. The highest BCUT2D eigenvalue weighted by Crippen LogP contribution is 2.76. The lowest BCUT2D eigenvalue weighted by Crippen LogP contribution is -2.72. The second kappa shape index (κ2) is 28.7. The Morgan fingerprint density at radius 3 is 1.63 bits per heavy atom. The fourth-order valence-corrected chi connectivity index (χ4v) is 19.6. The van der Waals surface area contributed by atoms with E-state index in [-0.39, 0.29) is 30.6 Å². The molecule has 40 atom stereocenters. The van der Waals surface area contributed by atoms with Gasteiger partial charge < -0.3 is 154 Å². The Morgan fingerprint density at radius 1 is 0.505 bits per heavy atom. The number of rotatable bonds is 17. The van der Waals surface area contributed by atoms with Crippen molar-refractivity contribution in [1.82, 2.24) is 0 Å². The fourth-order valence-electron chi connectivity index (χ4n) is 19.6. The van der Waals surface area contributed by atoms with E-state index >= 15 is 0 Å². The molecule has 33 nitrogen and oxygen atoms in total. The lowest BCUT2D eigenvalue weighted by molar-refractivity contribution is -0.389. The third-order valence-electron chi connectivity index (χ3n) is 25.4. The van der Waals surface area contributed by atoms with Crippen LogP contribution in [-0.4, -0.2) is 343 Å². The molecular weight excluding hydrogens is 1300 g/mol. The van der Waals surface area contributed by atoms with Gasteiger partial charge in [-0.05, 0) is 97.7 Å². The molecule has 560 valence electrons. The Bertz CT molecular complexity index is 2690. The molecular formula is C64H106O33. The van der Waals surface area contributed by atoms with E-state index in [9.17, 15) is 107 Å². The molecule has 0 aromatic carbocycles. The smallest absolute Gasteiger partial charge is 0.187 e. The maximum absolute atomic E-state index is 13.3. The van der Waals surface area contributed by atoms with Gasteiger partial charge in [-0.25, -0.2) is 4.89 Å². The molecule has 0 aromatic rings. The summed E-state index contributed by atoms with van der Waals surface area (Å²) in [5, 5.41) is 233. The second-order valence-corrected chi connectivity index (χ2v) is 31.5. The fraction of sp³-hybridized carbons (Fsp3) is 0.969. The lowest BCUT2D eigenvalue weighted by atomic mass is 9.32.